The van der Waals surface area contributed by atoms with Gasteiger partial charge >= 0.3 is 23.9 Å². The highest BCUT2D eigenvalue weighted by atomic mass is 16.6. The minimum absolute atomic E-state index is 0.197. The third-order valence-corrected chi connectivity index (χ3v) is 8.27. The van der Waals surface area contributed by atoms with Gasteiger partial charge in [-0.05, 0) is 64.2 Å². The van der Waals surface area contributed by atoms with Gasteiger partial charge in [-0.25, -0.2) is 0 Å². The van der Waals surface area contributed by atoms with Crippen molar-refractivity contribution in [3.8, 4) is 0 Å². The van der Waals surface area contributed by atoms with Crippen LogP contribution in [-0.2, 0) is 28.7 Å². The van der Waals surface area contributed by atoms with Crippen LogP contribution in [0, 0.1) is 0 Å². The van der Waals surface area contributed by atoms with Gasteiger partial charge in [0.25, 0.3) is 0 Å². The van der Waals surface area contributed by atoms with Crippen molar-refractivity contribution in [2.45, 2.75) is 206 Å². The van der Waals surface area contributed by atoms with E-state index in [0.29, 0.717) is 12.8 Å². The quantitative estimate of drug-likeness (QED) is 0.0305. The number of rotatable bonds is 33. The molecule has 0 radical (unpaired) electrons. The van der Waals surface area contributed by atoms with Crippen LogP contribution >= 0.6 is 0 Å². The van der Waals surface area contributed by atoms with Crippen LogP contribution in [0.15, 0.2) is 24.3 Å². The Labute approximate surface area is 282 Å². The van der Waals surface area contributed by atoms with Gasteiger partial charge in [0.2, 0.25) is 0 Å². The molecule has 266 valence electrons. The Hall–Kier alpha value is -2.24. The largest absolute Gasteiger partial charge is 0.393 e. The molecule has 0 aromatic heterocycles. The van der Waals surface area contributed by atoms with Gasteiger partial charge in [0.05, 0.1) is 12.8 Å². The molecule has 0 rings (SSSR count). The second kappa shape index (κ2) is 35.6. The molecule has 0 bridgehead atoms. The van der Waals surface area contributed by atoms with E-state index in [1.165, 1.54) is 89.9 Å². The van der Waals surface area contributed by atoms with Crippen LogP contribution in [0.25, 0.3) is 0 Å². The molecule has 6 nitrogen and oxygen atoms in total. The summed E-state index contributed by atoms with van der Waals surface area (Å²) < 4.78 is 9.60. The van der Waals surface area contributed by atoms with E-state index in [9.17, 15) is 19.2 Å². The van der Waals surface area contributed by atoms with E-state index >= 15 is 0 Å². The van der Waals surface area contributed by atoms with E-state index in [1.807, 2.05) is 0 Å². The SMILES string of the molecule is CCCCCCCC/C=C\CCCCCCCC(=O)OC(=O)CCC(=O)OC(=O)CCCCCCC/C=C\CCCCCCCC. The summed E-state index contributed by atoms with van der Waals surface area (Å²) >= 11 is 0. The fourth-order valence-corrected chi connectivity index (χ4v) is 5.34. The van der Waals surface area contributed by atoms with Gasteiger partial charge < -0.3 is 9.47 Å². The van der Waals surface area contributed by atoms with Crippen molar-refractivity contribution in [3.63, 3.8) is 0 Å². The summed E-state index contributed by atoms with van der Waals surface area (Å²) in [5, 5.41) is 0. The van der Waals surface area contributed by atoms with Gasteiger partial charge in [0.15, 0.2) is 0 Å². The summed E-state index contributed by atoms with van der Waals surface area (Å²) in [5.74, 6) is -2.62. The molecule has 0 aromatic rings. The molecule has 0 aliphatic heterocycles. The first-order valence-electron chi connectivity index (χ1n) is 19.3. The lowest BCUT2D eigenvalue weighted by Crippen LogP contribution is -2.16. The summed E-state index contributed by atoms with van der Waals surface area (Å²) in [7, 11) is 0. The zero-order valence-electron chi connectivity index (χ0n) is 30.0. The molecule has 0 N–H and O–H groups in total. The molecule has 0 unspecified atom stereocenters. The Bertz CT molecular complexity index is 734. The van der Waals surface area contributed by atoms with Gasteiger partial charge in [0.1, 0.15) is 0 Å². The van der Waals surface area contributed by atoms with Gasteiger partial charge in [-0.2, -0.15) is 0 Å². The smallest absolute Gasteiger partial charge is 0.314 e. The van der Waals surface area contributed by atoms with Crippen LogP contribution in [0.5, 0.6) is 0 Å². The third-order valence-electron chi connectivity index (χ3n) is 8.27. The zero-order valence-corrected chi connectivity index (χ0v) is 30.0. The predicted molar refractivity (Wildman–Crippen MR) is 190 cm³/mol. The topological polar surface area (TPSA) is 86.7 Å². The second-order valence-electron chi connectivity index (χ2n) is 12.9. The van der Waals surface area contributed by atoms with E-state index in [4.69, 9.17) is 9.47 Å². The molecule has 0 fully saturated rings. The number of hydrogen-bond acceptors (Lipinski definition) is 6. The minimum Gasteiger partial charge on any atom is -0.393 e. The minimum atomic E-state index is -0.751. The van der Waals surface area contributed by atoms with Crippen LogP contribution in [0.1, 0.15) is 206 Å². The lowest BCUT2D eigenvalue weighted by molar-refractivity contribution is -0.165. The number of carbonyl (C=O) groups is 4. The van der Waals surface area contributed by atoms with Crippen LogP contribution in [0.4, 0.5) is 0 Å². The molecule has 0 spiro atoms. The number of hydrogen-bond donors (Lipinski definition) is 0. The zero-order chi connectivity index (χ0) is 33.8. The Morgan fingerprint density at radius 1 is 0.326 bits per heavy atom. The summed E-state index contributed by atoms with van der Waals surface area (Å²) in [6, 6.07) is 0. The van der Waals surface area contributed by atoms with E-state index in [-0.39, 0.29) is 25.7 Å². The number of unbranched alkanes of at least 4 members (excludes halogenated alkanes) is 22. The first-order chi connectivity index (χ1) is 22.5. The maximum atomic E-state index is 11.9. The first-order valence-corrected chi connectivity index (χ1v) is 19.3. The number of allylic oxidation sites excluding steroid dienone is 4. The monoisotopic (exact) mass is 647 g/mol. The van der Waals surface area contributed by atoms with Crippen molar-refractivity contribution in [1.82, 2.24) is 0 Å². The van der Waals surface area contributed by atoms with Crippen LogP contribution in [0.2, 0.25) is 0 Å². The predicted octanol–water partition coefficient (Wildman–Crippen LogP) is 12.0. The third kappa shape index (κ3) is 34.6. The van der Waals surface area contributed by atoms with Crippen molar-refractivity contribution in [2.75, 3.05) is 0 Å². The van der Waals surface area contributed by atoms with Crippen molar-refractivity contribution in [2.24, 2.45) is 0 Å². The highest BCUT2D eigenvalue weighted by Gasteiger charge is 2.15. The molecule has 0 saturated carbocycles. The average Bonchev–Trinajstić information content (AvgIpc) is 3.03. The molecule has 0 atom stereocenters. The molecule has 0 heterocycles. The average molecular weight is 647 g/mol. The molecular formula is C40H70O6. The standard InChI is InChI=1S/C40H70O6/c1-3-5-7-9-11-13-15-17-19-21-23-25-27-29-31-33-37(41)45-39(43)35-36-40(44)46-38(42)34-32-30-28-26-24-22-20-18-16-14-12-10-8-6-4-2/h17-20H,3-16,21-36H2,1-2H3/b19-17-,20-18-. The molecule has 0 amide bonds. The van der Waals surface area contributed by atoms with Gasteiger partial charge in [0, 0.05) is 12.8 Å². The Kier molecular flexibility index (Phi) is 33.9. The van der Waals surface area contributed by atoms with Crippen molar-refractivity contribution < 1.29 is 28.7 Å². The van der Waals surface area contributed by atoms with E-state index in [2.05, 4.69) is 38.2 Å². The molecule has 0 aliphatic carbocycles. The summed E-state index contributed by atoms with van der Waals surface area (Å²) in [5.41, 5.74) is 0. The first kappa shape index (κ1) is 43.8. The van der Waals surface area contributed by atoms with Crippen LogP contribution < -0.4 is 0 Å². The molecule has 0 aromatic carbocycles. The number of esters is 4. The second-order valence-corrected chi connectivity index (χ2v) is 12.9. The molecule has 6 heteroatoms. The Morgan fingerprint density at radius 2 is 0.565 bits per heavy atom. The Morgan fingerprint density at radius 3 is 0.870 bits per heavy atom. The molecule has 0 saturated heterocycles. The van der Waals surface area contributed by atoms with Crippen LogP contribution in [-0.4, -0.2) is 23.9 Å². The number of carbonyl (C=O) groups excluding carboxylic acids is 4. The maximum absolute atomic E-state index is 11.9. The lowest BCUT2D eigenvalue weighted by atomic mass is 10.1. The van der Waals surface area contributed by atoms with Crippen LogP contribution in [0.3, 0.4) is 0 Å². The van der Waals surface area contributed by atoms with Crippen molar-refractivity contribution >= 4 is 23.9 Å². The van der Waals surface area contributed by atoms with E-state index in [0.717, 1.165) is 64.2 Å². The van der Waals surface area contributed by atoms with Gasteiger partial charge in [-0.3, -0.25) is 19.2 Å². The Balaban J connectivity index is 3.57. The van der Waals surface area contributed by atoms with Gasteiger partial charge in [-0.1, -0.05) is 141 Å². The molecular weight excluding hydrogens is 576 g/mol. The molecule has 0 aliphatic rings. The number of ether oxygens (including phenoxy) is 2. The normalized spacial score (nSPS) is 11.4. The highest BCUT2D eigenvalue weighted by Crippen LogP contribution is 2.12. The summed E-state index contributed by atoms with van der Waals surface area (Å²) in [6.07, 6.45) is 39.6. The van der Waals surface area contributed by atoms with E-state index in [1.54, 1.807) is 0 Å². The lowest BCUT2D eigenvalue weighted by Gasteiger charge is -2.05. The fourth-order valence-electron chi connectivity index (χ4n) is 5.34. The molecule has 46 heavy (non-hydrogen) atoms. The summed E-state index contributed by atoms with van der Waals surface area (Å²) in [6.45, 7) is 4.49. The highest BCUT2D eigenvalue weighted by molar-refractivity contribution is 5.89. The fraction of sp³-hybridized carbons (Fsp3) is 0.800. The van der Waals surface area contributed by atoms with E-state index < -0.39 is 23.9 Å². The van der Waals surface area contributed by atoms with Gasteiger partial charge in [-0.15, -0.1) is 0 Å². The van der Waals surface area contributed by atoms with Crippen molar-refractivity contribution in [1.29, 1.82) is 0 Å². The maximum Gasteiger partial charge on any atom is 0.314 e. The summed E-state index contributed by atoms with van der Waals surface area (Å²) in [4.78, 5) is 47.6. The van der Waals surface area contributed by atoms with Crippen molar-refractivity contribution in [3.05, 3.63) is 24.3 Å².